The lowest BCUT2D eigenvalue weighted by Crippen LogP contribution is -2.42. The fourth-order valence-electron chi connectivity index (χ4n) is 7.91. The number of fused-ring (bicyclic) bond motifs is 4. The zero-order valence-corrected chi connectivity index (χ0v) is 49.5. The van der Waals surface area contributed by atoms with Crippen molar-refractivity contribution in [1.82, 2.24) is 9.21 Å². The van der Waals surface area contributed by atoms with Crippen LogP contribution >= 0.6 is 0 Å². The number of nitrogen functional groups attached to an aromatic ring is 2. The lowest BCUT2D eigenvalue weighted by molar-refractivity contribution is -0.869. The number of ketones is 4. The number of quaternary nitrogens is 2. The fourth-order valence-corrected chi connectivity index (χ4v) is 10.2. The van der Waals surface area contributed by atoms with Crippen molar-refractivity contribution in [3.05, 3.63) is 117 Å². The third-order valence-corrected chi connectivity index (χ3v) is 15.2. The second-order valence-corrected chi connectivity index (χ2v) is 25.0. The van der Waals surface area contributed by atoms with Crippen LogP contribution in [-0.4, -0.2) is 166 Å². The van der Waals surface area contributed by atoms with E-state index in [1.54, 1.807) is 12.1 Å². The van der Waals surface area contributed by atoms with E-state index in [0.717, 1.165) is 19.9 Å². The SMILES string of the molecule is CNc1cc(S(=O)(=O)NCC[N+](C)(C)C)c(N)c2c1C(=O)c1c(NC(C)=O)cccc1C2=O.CNc1cc(S(=O)(=O)Oc2cccc([N+](C)(C)C)c2)c(N)c2c1C(=O)c1c(NC(C)=O)cccc1C2=O.COS(=O)(=O)[O-].COS(=O)(=O)[O-]. The summed E-state index contributed by atoms with van der Waals surface area (Å²) >= 11 is 0. The van der Waals surface area contributed by atoms with Crippen LogP contribution in [0.3, 0.4) is 0 Å². The first kappa shape index (κ1) is 66.7. The highest BCUT2D eigenvalue weighted by Gasteiger charge is 2.40. The average molecular weight is 1220 g/mol. The molecule has 0 spiro atoms. The third kappa shape index (κ3) is 16.0. The summed E-state index contributed by atoms with van der Waals surface area (Å²) in [6, 6.07) is 18.0. The molecule has 0 saturated carbocycles. The van der Waals surface area contributed by atoms with Crippen molar-refractivity contribution in [2.45, 2.75) is 23.6 Å². The molecule has 0 aromatic heterocycles. The number of hydrogen-bond acceptors (Lipinski definition) is 23. The Morgan fingerprint density at radius 1 is 0.549 bits per heavy atom. The van der Waals surface area contributed by atoms with Gasteiger partial charge in [-0.15, -0.1) is 0 Å². The Labute approximate surface area is 474 Å². The Hall–Kier alpha value is -7.76. The number of carbonyl (C=O) groups is 6. The molecule has 0 bridgehead atoms. The molecule has 5 aromatic rings. The van der Waals surface area contributed by atoms with Crippen LogP contribution < -0.4 is 46.1 Å². The van der Waals surface area contributed by atoms with E-state index in [2.05, 4.69) is 34.4 Å². The van der Waals surface area contributed by atoms with E-state index in [0.29, 0.717) is 15.5 Å². The molecule has 2 aliphatic rings. The van der Waals surface area contributed by atoms with E-state index < -0.39 is 86.5 Å². The lowest BCUT2D eigenvalue weighted by Gasteiger charge is -2.26. The van der Waals surface area contributed by atoms with Crippen molar-refractivity contribution < 1.29 is 88.6 Å². The maximum atomic E-state index is 13.6. The monoisotopic (exact) mass is 1220 g/mol. The summed E-state index contributed by atoms with van der Waals surface area (Å²) < 4.78 is 124. The van der Waals surface area contributed by atoms with Crippen molar-refractivity contribution in [2.24, 2.45) is 0 Å². The largest absolute Gasteiger partial charge is 0.726 e. The standard InChI is InChI=1S/C26H26N4O6S.C22H27N5O5S.2CH4O4S/c1-14(31)29-18-11-7-10-17-21(18)26(33)22-19(28-2)13-20(24(27)23(22)25(17)32)37(34,35)36-16-9-6-8-15(12-16)30(3,4)5;1-12(28)26-14-8-6-7-13-17(14)22(30)18-15(24-2)11-16(20(23)19(18)21(13)29)33(31,32)25-9-10-27(3,4)5;2*1-5-6(2,3)4/h6-13H,1-5H3,(H3-,27,28,29,31,32,33);6-8,11,25H,9-10H2,1-5H3,(H3-,23,24,26,28,29,30);2*1H3,(H,2,3,4). The molecular formula is C50H61N9O19S4. The fraction of sp³-hybridized carbons (Fsp3) is 0.280. The Morgan fingerprint density at radius 3 is 1.30 bits per heavy atom. The lowest BCUT2D eigenvalue weighted by atomic mass is 9.81. The molecule has 5 aromatic carbocycles. The zero-order valence-electron chi connectivity index (χ0n) is 46.3. The summed E-state index contributed by atoms with van der Waals surface area (Å²) in [4.78, 5) is 76.6. The third-order valence-electron chi connectivity index (χ3n) is 11.6. The Bertz CT molecular complexity index is 3850. The summed E-state index contributed by atoms with van der Waals surface area (Å²) in [5.74, 6) is -3.10. The van der Waals surface area contributed by atoms with E-state index in [-0.39, 0.29) is 90.1 Å². The summed E-state index contributed by atoms with van der Waals surface area (Å²) in [5, 5.41) is 10.7. The number of nitrogens with one attached hydrogen (secondary N) is 5. The van der Waals surface area contributed by atoms with Gasteiger partial charge in [0.15, 0.2) is 23.1 Å². The Kier molecular flexibility index (Phi) is 20.8. The number of anilines is 6. The quantitative estimate of drug-likeness (QED) is 0.0254. The van der Waals surface area contributed by atoms with Crippen molar-refractivity contribution in [3.8, 4) is 5.75 Å². The molecule has 9 N–H and O–H groups in total. The minimum atomic E-state index is -4.51. The van der Waals surface area contributed by atoms with Gasteiger partial charge in [0, 0.05) is 56.5 Å². The van der Waals surface area contributed by atoms with Gasteiger partial charge in [0.2, 0.25) is 42.6 Å². The van der Waals surface area contributed by atoms with Crippen molar-refractivity contribution in [3.63, 3.8) is 0 Å². The summed E-state index contributed by atoms with van der Waals surface area (Å²) in [6.07, 6.45) is 0. The molecule has 28 nitrogen and oxygen atoms in total. The second kappa shape index (κ2) is 25.6. The second-order valence-electron chi connectivity index (χ2n) is 19.4. The number of likely N-dealkylation sites (N-methyl/N-ethyl adjacent to an activating group) is 1. The van der Waals surface area contributed by atoms with Gasteiger partial charge in [-0.05, 0) is 36.4 Å². The van der Waals surface area contributed by atoms with Gasteiger partial charge < -0.3 is 50.5 Å². The number of carbonyl (C=O) groups excluding carboxylic acids is 6. The van der Waals surface area contributed by atoms with Gasteiger partial charge in [-0.1, -0.05) is 30.3 Å². The van der Waals surface area contributed by atoms with Crippen LogP contribution in [0.5, 0.6) is 5.75 Å². The maximum absolute atomic E-state index is 13.6. The van der Waals surface area contributed by atoms with Crippen molar-refractivity contribution >= 4 is 116 Å². The highest BCUT2D eigenvalue weighted by molar-refractivity contribution is 7.89. The molecule has 2 amide bonds. The molecular weight excluding hydrogens is 1160 g/mol. The first-order chi connectivity index (χ1) is 37.7. The minimum Gasteiger partial charge on any atom is -0.726 e. The van der Waals surface area contributed by atoms with E-state index >= 15 is 0 Å². The van der Waals surface area contributed by atoms with E-state index in [1.165, 1.54) is 82.5 Å². The molecule has 0 aliphatic heterocycles. The average Bonchev–Trinajstić information content (AvgIpc) is 3.55. The van der Waals surface area contributed by atoms with Crippen LogP contribution in [0.1, 0.15) is 77.5 Å². The maximum Gasteiger partial charge on any atom is 0.341 e. The van der Waals surface area contributed by atoms with E-state index in [1.807, 2.05) is 48.4 Å². The molecule has 0 radical (unpaired) electrons. The number of amides is 2. The van der Waals surface area contributed by atoms with Crippen LogP contribution in [0.25, 0.3) is 0 Å². The number of nitrogens with two attached hydrogens (primary N) is 2. The molecule has 7 rings (SSSR count). The zero-order chi connectivity index (χ0) is 62.4. The molecule has 32 heteroatoms. The molecule has 2 aliphatic carbocycles. The summed E-state index contributed by atoms with van der Waals surface area (Å²) in [6.45, 7) is 3.27. The minimum absolute atomic E-state index is 0.00335. The smallest absolute Gasteiger partial charge is 0.341 e. The van der Waals surface area contributed by atoms with Crippen molar-refractivity contribution in [1.29, 1.82) is 0 Å². The highest BCUT2D eigenvalue weighted by Crippen LogP contribution is 2.43. The molecule has 0 heterocycles. The van der Waals surface area contributed by atoms with Gasteiger partial charge in [-0.3, -0.25) is 41.6 Å². The number of benzene rings is 5. The highest BCUT2D eigenvalue weighted by atomic mass is 32.3. The van der Waals surface area contributed by atoms with E-state index in [4.69, 9.17) is 15.7 Å². The van der Waals surface area contributed by atoms with Gasteiger partial charge in [0.25, 0.3) is 0 Å². The van der Waals surface area contributed by atoms with Crippen molar-refractivity contribution in [2.75, 3.05) is 116 Å². The Morgan fingerprint density at radius 2 is 0.939 bits per heavy atom. The van der Waals surface area contributed by atoms with Crippen LogP contribution in [0.2, 0.25) is 0 Å². The van der Waals surface area contributed by atoms with Crippen LogP contribution in [0.4, 0.5) is 39.8 Å². The van der Waals surface area contributed by atoms with Gasteiger partial charge >= 0.3 is 10.1 Å². The van der Waals surface area contributed by atoms with Gasteiger partial charge in [-0.25, -0.2) is 30.0 Å². The number of rotatable bonds is 15. The van der Waals surface area contributed by atoms with Gasteiger partial charge in [0.1, 0.15) is 21.2 Å². The van der Waals surface area contributed by atoms with Crippen LogP contribution in [0.15, 0.2) is 82.6 Å². The predicted molar refractivity (Wildman–Crippen MR) is 301 cm³/mol. The van der Waals surface area contributed by atoms with Gasteiger partial charge in [-0.2, -0.15) is 8.42 Å². The topological polar surface area (TPSA) is 425 Å². The first-order valence-electron chi connectivity index (χ1n) is 23.6. The molecule has 82 heavy (non-hydrogen) atoms. The van der Waals surface area contributed by atoms with E-state index in [9.17, 15) is 71.5 Å². The molecule has 0 atom stereocenters. The number of nitrogens with zero attached hydrogens (tertiary/aromatic N) is 2. The molecule has 444 valence electrons. The summed E-state index contributed by atoms with van der Waals surface area (Å²) in [7, 11) is -1.23. The number of hydrogen-bond donors (Lipinski definition) is 7. The Balaban J connectivity index is 0.000000295. The van der Waals surface area contributed by atoms with Crippen LogP contribution in [0, 0.1) is 0 Å². The summed E-state index contributed by atoms with van der Waals surface area (Å²) in [5.41, 5.74) is 12.7. The van der Waals surface area contributed by atoms with Crippen LogP contribution in [-0.2, 0) is 58.9 Å². The predicted octanol–water partition coefficient (Wildman–Crippen LogP) is 2.22. The molecule has 0 unspecified atom stereocenters. The van der Waals surface area contributed by atoms with Gasteiger partial charge in [0.05, 0.1) is 126 Å². The molecule has 0 fully saturated rings. The first-order valence-corrected chi connectivity index (χ1v) is 29.2. The molecule has 0 saturated heterocycles. The number of sulfonamides is 1. The normalized spacial score (nSPS) is 13.0.